The molecule has 3 N–H and O–H groups in total. The van der Waals surface area contributed by atoms with E-state index in [1.54, 1.807) is 6.07 Å². The molecule has 0 fully saturated rings. The highest BCUT2D eigenvalue weighted by Crippen LogP contribution is 2.18. The summed E-state index contributed by atoms with van der Waals surface area (Å²) >= 11 is 0. The van der Waals surface area contributed by atoms with Crippen LogP contribution in [0.5, 0.6) is 5.88 Å². The molecule has 1 heterocycles. The van der Waals surface area contributed by atoms with Crippen molar-refractivity contribution in [1.82, 2.24) is 9.97 Å². The minimum Gasteiger partial charge on any atom is -0.473 e. The van der Waals surface area contributed by atoms with E-state index in [2.05, 4.69) is 15.4 Å². The molecule has 0 unspecified atom stereocenters. The third-order valence-electron chi connectivity index (χ3n) is 2.61. The van der Waals surface area contributed by atoms with Gasteiger partial charge in [-0.25, -0.2) is 10.8 Å². The molecule has 0 aliphatic heterocycles. The predicted molar refractivity (Wildman–Crippen MR) is 74.7 cm³/mol. The summed E-state index contributed by atoms with van der Waals surface area (Å²) in [5.41, 5.74) is 3.62. The van der Waals surface area contributed by atoms with Gasteiger partial charge in [-0.1, -0.05) is 44.2 Å². The minimum absolute atomic E-state index is 0.215. The van der Waals surface area contributed by atoms with Gasteiger partial charge in [-0.2, -0.15) is 4.98 Å². The Morgan fingerprint density at radius 1 is 1.21 bits per heavy atom. The van der Waals surface area contributed by atoms with Crippen LogP contribution in [-0.2, 0) is 6.61 Å². The summed E-state index contributed by atoms with van der Waals surface area (Å²) in [6.07, 6.45) is 0. The molecule has 0 spiro atoms. The molecule has 0 saturated carbocycles. The monoisotopic (exact) mass is 258 g/mol. The van der Waals surface area contributed by atoms with E-state index in [-0.39, 0.29) is 5.92 Å². The fourth-order valence-electron chi connectivity index (χ4n) is 1.58. The van der Waals surface area contributed by atoms with Crippen molar-refractivity contribution >= 4 is 5.82 Å². The van der Waals surface area contributed by atoms with E-state index in [1.807, 2.05) is 44.2 Å². The number of hydrogen-bond donors (Lipinski definition) is 2. The smallest absolute Gasteiger partial charge is 0.219 e. The predicted octanol–water partition coefficient (Wildman–Crippen LogP) is 2.46. The van der Waals surface area contributed by atoms with Crippen molar-refractivity contribution in [3.05, 3.63) is 47.8 Å². The molecule has 1 aromatic carbocycles. The molecule has 5 heteroatoms. The van der Waals surface area contributed by atoms with Crippen molar-refractivity contribution in [3.8, 4) is 5.88 Å². The summed E-state index contributed by atoms with van der Waals surface area (Å²) in [5, 5.41) is 0. The van der Waals surface area contributed by atoms with Crippen molar-refractivity contribution in [1.29, 1.82) is 0 Å². The molecule has 0 bridgehead atoms. The number of nitrogen functional groups attached to an aromatic ring is 1. The maximum Gasteiger partial charge on any atom is 0.219 e. The SMILES string of the molecule is CC(C)c1nc(NN)cc(OCc2ccccc2)n1. The highest BCUT2D eigenvalue weighted by Gasteiger charge is 2.08. The first-order valence-electron chi connectivity index (χ1n) is 6.21. The van der Waals surface area contributed by atoms with Crippen LogP contribution in [0.15, 0.2) is 36.4 Å². The summed E-state index contributed by atoms with van der Waals surface area (Å²) in [5.74, 6) is 7.40. The van der Waals surface area contributed by atoms with E-state index in [0.29, 0.717) is 24.1 Å². The highest BCUT2D eigenvalue weighted by atomic mass is 16.5. The lowest BCUT2D eigenvalue weighted by Crippen LogP contribution is -2.12. The number of benzene rings is 1. The number of hydrogen-bond acceptors (Lipinski definition) is 5. The zero-order valence-corrected chi connectivity index (χ0v) is 11.1. The molecule has 0 atom stereocenters. The average molecular weight is 258 g/mol. The average Bonchev–Trinajstić information content (AvgIpc) is 2.45. The Morgan fingerprint density at radius 2 is 1.95 bits per heavy atom. The van der Waals surface area contributed by atoms with Crippen molar-refractivity contribution in [2.75, 3.05) is 5.43 Å². The van der Waals surface area contributed by atoms with Gasteiger partial charge in [0, 0.05) is 12.0 Å². The van der Waals surface area contributed by atoms with Gasteiger partial charge >= 0.3 is 0 Å². The summed E-state index contributed by atoms with van der Waals surface area (Å²) in [4.78, 5) is 8.65. The number of nitrogens with one attached hydrogen (secondary N) is 1. The van der Waals surface area contributed by atoms with E-state index < -0.39 is 0 Å². The Labute approximate surface area is 112 Å². The molecule has 0 saturated heterocycles. The van der Waals surface area contributed by atoms with Crippen molar-refractivity contribution < 1.29 is 4.74 Å². The van der Waals surface area contributed by atoms with Gasteiger partial charge in [0.1, 0.15) is 18.2 Å². The number of nitrogens with zero attached hydrogens (tertiary/aromatic N) is 2. The van der Waals surface area contributed by atoms with Gasteiger partial charge in [-0.3, -0.25) is 0 Å². The van der Waals surface area contributed by atoms with Crippen LogP contribution in [0.2, 0.25) is 0 Å². The molecule has 2 rings (SSSR count). The molecule has 5 nitrogen and oxygen atoms in total. The number of ether oxygens (including phenoxy) is 1. The Morgan fingerprint density at radius 3 is 2.58 bits per heavy atom. The van der Waals surface area contributed by atoms with Crippen LogP contribution in [0.3, 0.4) is 0 Å². The van der Waals surface area contributed by atoms with Gasteiger partial charge in [-0.05, 0) is 5.56 Å². The van der Waals surface area contributed by atoms with E-state index in [1.165, 1.54) is 0 Å². The maximum atomic E-state index is 5.68. The highest BCUT2D eigenvalue weighted by molar-refractivity contribution is 5.37. The van der Waals surface area contributed by atoms with E-state index >= 15 is 0 Å². The zero-order chi connectivity index (χ0) is 13.7. The lowest BCUT2D eigenvalue weighted by atomic mass is 10.2. The third-order valence-corrected chi connectivity index (χ3v) is 2.61. The second kappa shape index (κ2) is 6.15. The Bertz CT molecular complexity index is 528. The molecular formula is C14H18N4O. The quantitative estimate of drug-likeness (QED) is 0.636. The zero-order valence-electron chi connectivity index (χ0n) is 11.1. The second-order valence-corrected chi connectivity index (χ2v) is 4.52. The van der Waals surface area contributed by atoms with Crippen LogP contribution in [0.1, 0.15) is 31.2 Å². The minimum atomic E-state index is 0.215. The fraction of sp³-hybridized carbons (Fsp3) is 0.286. The van der Waals surface area contributed by atoms with Gasteiger partial charge in [0.05, 0.1) is 0 Å². The standard InChI is InChI=1S/C14H18N4O/c1-10(2)14-16-12(18-15)8-13(17-14)19-9-11-6-4-3-5-7-11/h3-8,10H,9,15H2,1-2H3,(H,16,17,18). The lowest BCUT2D eigenvalue weighted by Gasteiger charge is -2.10. The summed E-state index contributed by atoms with van der Waals surface area (Å²) in [7, 11) is 0. The molecular weight excluding hydrogens is 240 g/mol. The summed E-state index contributed by atoms with van der Waals surface area (Å²) in [6, 6.07) is 11.6. The van der Waals surface area contributed by atoms with E-state index in [0.717, 1.165) is 5.56 Å². The van der Waals surface area contributed by atoms with Crippen LogP contribution < -0.4 is 16.0 Å². The summed E-state index contributed by atoms with van der Waals surface area (Å²) < 4.78 is 5.68. The fourth-order valence-corrected chi connectivity index (χ4v) is 1.58. The number of nitrogens with two attached hydrogens (primary N) is 1. The summed E-state index contributed by atoms with van der Waals surface area (Å²) in [6.45, 7) is 4.52. The third kappa shape index (κ3) is 3.66. The van der Waals surface area contributed by atoms with E-state index in [4.69, 9.17) is 10.6 Å². The van der Waals surface area contributed by atoms with Crippen LogP contribution in [0.4, 0.5) is 5.82 Å². The molecule has 2 aromatic rings. The van der Waals surface area contributed by atoms with Gasteiger partial charge in [0.2, 0.25) is 5.88 Å². The van der Waals surface area contributed by atoms with Gasteiger partial charge < -0.3 is 10.2 Å². The molecule has 1 aromatic heterocycles. The van der Waals surface area contributed by atoms with E-state index in [9.17, 15) is 0 Å². The second-order valence-electron chi connectivity index (χ2n) is 4.52. The molecule has 19 heavy (non-hydrogen) atoms. The van der Waals surface area contributed by atoms with Crippen molar-refractivity contribution in [3.63, 3.8) is 0 Å². The molecule has 100 valence electrons. The van der Waals surface area contributed by atoms with Gasteiger partial charge in [0.25, 0.3) is 0 Å². The maximum absolute atomic E-state index is 5.68. The Balaban J connectivity index is 2.13. The topological polar surface area (TPSA) is 73.1 Å². The van der Waals surface area contributed by atoms with Crippen LogP contribution in [-0.4, -0.2) is 9.97 Å². The largest absolute Gasteiger partial charge is 0.473 e. The Hall–Kier alpha value is -2.14. The molecule has 0 aliphatic carbocycles. The number of aromatic nitrogens is 2. The van der Waals surface area contributed by atoms with Crippen LogP contribution in [0.25, 0.3) is 0 Å². The normalized spacial score (nSPS) is 10.5. The van der Waals surface area contributed by atoms with Crippen molar-refractivity contribution in [2.24, 2.45) is 5.84 Å². The number of rotatable bonds is 5. The van der Waals surface area contributed by atoms with Gasteiger partial charge in [-0.15, -0.1) is 0 Å². The van der Waals surface area contributed by atoms with Gasteiger partial charge in [0.15, 0.2) is 0 Å². The first-order valence-corrected chi connectivity index (χ1v) is 6.21. The number of hydrazine groups is 1. The van der Waals surface area contributed by atoms with Crippen LogP contribution in [0, 0.1) is 0 Å². The Kier molecular flexibility index (Phi) is 4.30. The lowest BCUT2D eigenvalue weighted by molar-refractivity contribution is 0.292. The van der Waals surface area contributed by atoms with Crippen LogP contribution >= 0.6 is 0 Å². The molecule has 0 aliphatic rings. The first kappa shape index (κ1) is 13.3. The number of anilines is 1. The molecule has 0 radical (unpaired) electrons. The molecule has 0 amide bonds. The van der Waals surface area contributed by atoms with Crippen molar-refractivity contribution in [2.45, 2.75) is 26.4 Å². The first-order chi connectivity index (χ1) is 9.19.